The van der Waals surface area contributed by atoms with E-state index in [2.05, 4.69) is 44.5 Å². The van der Waals surface area contributed by atoms with Gasteiger partial charge < -0.3 is 15.5 Å². The molecule has 0 aromatic rings. The van der Waals surface area contributed by atoms with E-state index in [1.807, 2.05) is 0 Å². The molecule has 0 aromatic carbocycles. The van der Waals surface area contributed by atoms with Gasteiger partial charge in [-0.3, -0.25) is 0 Å². The van der Waals surface area contributed by atoms with Gasteiger partial charge in [-0.2, -0.15) is 0 Å². The van der Waals surface area contributed by atoms with Crippen LogP contribution < -0.4 is 5.73 Å². The second kappa shape index (κ2) is 6.17. The molecule has 1 aliphatic rings. The van der Waals surface area contributed by atoms with E-state index in [-0.39, 0.29) is 11.5 Å². The summed E-state index contributed by atoms with van der Waals surface area (Å²) in [5.41, 5.74) is 6.40. The smallest absolute Gasteiger partial charge is 0.0290 e. The summed E-state index contributed by atoms with van der Waals surface area (Å²) < 4.78 is 0. The molecule has 3 nitrogen and oxygen atoms in total. The summed E-state index contributed by atoms with van der Waals surface area (Å²) in [6, 6.07) is 0.670. The van der Waals surface area contributed by atoms with Gasteiger partial charge in [0.1, 0.15) is 0 Å². The molecule has 0 bridgehead atoms. The SMILES string of the molecule is CC(N)C(N(C)CCN1CCCC1)C(C)(C)C. The average Bonchev–Trinajstić information content (AvgIpc) is 2.63. The Kier molecular flexibility index (Phi) is 5.42. The molecular weight excluding hydrogens is 210 g/mol. The Bertz CT molecular complexity index is 214. The first kappa shape index (κ1) is 14.9. The molecule has 1 fully saturated rings. The highest BCUT2D eigenvalue weighted by Crippen LogP contribution is 2.25. The molecule has 0 aliphatic carbocycles. The number of hydrogen-bond acceptors (Lipinski definition) is 3. The van der Waals surface area contributed by atoms with Crippen molar-refractivity contribution in [2.75, 3.05) is 33.2 Å². The molecule has 1 saturated heterocycles. The van der Waals surface area contributed by atoms with Crippen molar-refractivity contribution in [1.29, 1.82) is 0 Å². The third-order valence-electron chi connectivity index (χ3n) is 3.83. The number of rotatable bonds is 5. The molecule has 0 amide bonds. The fourth-order valence-corrected chi connectivity index (χ4v) is 3.30. The highest BCUT2D eigenvalue weighted by atomic mass is 15.2. The highest BCUT2D eigenvalue weighted by Gasteiger charge is 2.31. The fourth-order valence-electron chi connectivity index (χ4n) is 3.30. The molecule has 2 atom stereocenters. The lowest BCUT2D eigenvalue weighted by molar-refractivity contribution is 0.0970. The normalized spacial score (nSPS) is 22.1. The molecule has 2 unspecified atom stereocenters. The Hall–Kier alpha value is -0.120. The second-order valence-corrected chi connectivity index (χ2v) is 6.70. The summed E-state index contributed by atoms with van der Waals surface area (Å²) in [6.07, 6.45) is 2.75. The van der Waals surface area contributed by atoms with Gasteiger partial charge in [-0.05, 0) is 45.3 Å². The van der Waals surface area contributed by atoms with Crippen molar-refractivity contribution < 1.29 is 0 Å². The quantitative estimate of drug-likeness (QED) is 0.796. The van der Waals surface area contributed by atoms with Gasteiger partial charge in [-0.15, -0.1) is 0 Å². The molecule has 1 heterocycles. The van der Waals surface area contributed by atoms with Gasteiger partial charge in [0.15, 0.2) is 0 Å². The Labute approximate surface area is 107 Å². The summed E-state index contributed by atoms with van der Waals surface area (Å²) in [7, 11) is 2.22. The third-order valence-corrected chi connectivity index (χ3v) is 3.83. The number of likely N-dealkylation sites (N-methyl/N-ethyl adjacent to an activating group) is 1. The van der Waals surface area contributed by atoms with Crippen LogP contribution >= 0.6 is 0 Å². The molecule has 102 valence electrons. The lowest BCUT2D eigenvalue weighted by Crippen LogP contribution is -2.53. The van der Waals surface area contributed by atoms with Crippen LogP contribution in [0.2, 0.25) is 0 Å². The maximum absolute atomic E-state index is 6.15. The van der Waals surface area contributed by atoms with Crippen LogP contribution in [0.25, 0.3) is 0 Å². The van der Waals surface area contributed by atoms with Crippen LogP contribution in [-0.2, 0) is 0 Å². The minimum Gasteiger partial charge on any atom is -0.327 e. The Morgan fingerprint density at radius 1 is 1.24 bits per heavy atom. The van der Waals surface area contributed by atoms with Crippen molar-refractivity contribution in [2.24, 2.45) is 11.1 Å². The molecule has 2 N–H and O–H groups in total. The van der Waals surface area contributed by atoms with Gasteiger partial charge in [0, 0.05) is 25.2 Å². The van der Waals surface area contributed by atoms with E-state index >= 15 is 0 Å². The van der Waals surface area contributed by atoms with Gasteiger partial charge in [0.25, 0.3) is 0 Å². The number of hydrogen-bond donors (Lipinski definition) is 1. The van der Waals surface area contributed by atoms with Crippen LogP contribution in [0.15, 0.2) is 0 Å². The van der Waals surface area contributed by atoms with Gasteiger partial charge in [0.05, 0.1) is 0 Å². The van der Waals surface area contributed by atoms with Crippen LogP contribution in [0.3, 0.4) is 0 Å². The van der Waals surface area contributed by atoms with Gasteiger partial charge in [0.2, 0.25) is 0 Å². The minimum atomic E-state index is 0.221. The lowest BCUT2D eigenvalue weighted by Gasteiger charge is -2.41. The van der Waals surface area contributed by atoms with E-state index < -0.39 is 0 Å². The van der Waals surface area contributed by atoms with E-state index in [0.29, 0.717) is 6.04 Å². The zero-order valence-corrected chi connectivity index (χ0v) is 12.4. The number of likely N-dealkylation sites (tertiary alicyclic amines) is 1. The molecule has 3 heteroatoms. The Morgan fingerprint density at radius 2 is 1.76 bits per heavy atom. The predicted octanol–water partition coefficient (Wildman–Crippen LogP) is 1.78. The van der Waals surface area contributed by atoms with Gasteiger partial charge in [-0.1, -0.05) is 20.8 Å². The van der Waals surface area contributed by atoms with Crippen molar-refractivity contribution in [1.82, 2.24) is 9.80 Å². The standard InChI is InChI=1S/C14H31N3/c1-12(15)13(14(2,3)4)16(5)10-11-17-8-6-7-9-17/h12-13H,6-11,15H2,1-5H3. The minimum absolute atomic E-state index is 0.221. The third kappa shape index (κ3) is 4.57. The van der Waals surface area contributed by atoms with Crippen molar-refractivity contribution in [3.63, 3.8) is 0 Å². The summed E-state index contributed by atoms with van der Waals surface area (Å²) in [4.78, 5) is 5.01. The molecule has 1 rings (SSSR count). The number of nitrogens with zero attached hydrogens (tertiary/aromatic N) is 2. The zero-order valence-electron chi connectivity index (χ0n) is 12.4. The lowest BCUT2D eigenvalue weighted by atomic mass is 9.82. The average molecular weight is 241 g/mol. The molecule has 17 heavy (non-hydrogen) atoms. The fraction of sp³-hybridized carbons (Fsp3) is 1.00. The van der Waals surface area contributed by atoms with Crippen molar-refractivity contribution in [3.05, 3.63) is 0 Å². The van der Waals surface area contributed by atoms with Crippen LogP contribution in [0, 0.1) is 5.41 Å². The predicted molar refractivity (Wildman–Crippen MR) is 75.2 cm³/mol. The van der Waals surface area contributed by atoms with E-state index in [9.17, 15) is 0 Å². The largest absolute Gasteiger partial charge is 0.327 e. The first-order chi connectivity index (χ1) is 7.82. The molecular formula is C14H31N3. The zero-order chi connectivity index (χ0) is 13.1. The molecule has 0 spiro atoms. The maximum Gasteiger partial charge on any atom is 0.0290 e. The van der Waals surface area contributed by atoms with Crippen molar-refractivity contribution >= 4 is 0 Å². The molecule has 0 saturated carbocycles. The van der Waals surface area contributed by atoms with E-state index in [4.69, 9.17) is 5.73 Å². The second-order valence-electron chi connectivity index (χ2n) is 6.70. The Balaban J connectivity index is 2.44. The highest BCUT2D eigenvalue weighted by molar-refractivity contribution is 4.88. The van der Waals surface area contributed by atoms with Crippen LogP contribution in [0.4, 0.5) is 0 Å². The van der Waals surface area contributed by atoms with Crippen molar-refractivity contribution in [2.45, 2.75) is 52.6 Å². The maximum atomic E-state index is 6.15. The molecule has 1 aliphatic heterocycles. The first-order valence-corrected chi connectivity index (χ1v) is 7.00. The summed E-state index contributed by atoms with van der Waals surface area (Å²) >= 11 is 0. The Morgan fingerprint density at radius 3 is 2.18 bits per heavy atom. The number of nitrogens with two attached hydrogens (primary N) is 1. The summed E-state index contributed by atoms with van der Waals surface area (Å²) in [5, 5.41) is 0. The molecule has 0 aromatic heterocycles. The van der Waals surface area contributed by atoms with Crippen LogP contribution in [0.1, 0.15) is 40.5 Å². The van der Waals surface area contributed by atoms with E-state index in [1.165, 1.54) is 32.5 Å². The monoisotopic (exact) mass is 241 g/mol. The van der Waals surface area contributed by atoms with E-state index in [1.54, 1.807) is 0 Å². The topological polar surface area (TPSA) is 32.5 Å². The van der Waals surface area contributed by atoms with Gasteiger partial charge in [-0.25, -0.2) is 0 Å². The first-order valence-electron chi connectivity index (χ1n) is 7.00. The van der Waals surface area contributed by atoms with Crippen molar-refractivity contribution in [3.8, 4) is 0 Å². The molecule has 0 radical (unpaired) electrons. The van der Waals surface area contributed by atoms with Crippen LogP contribution in [-0.4, -0.2) is 55.1 Å². The van der Waals surface area contributed by atoms with Gasteiger partial charge >= 0.3 is 0 Å². The summed E-state index contributed by atoms with van der Waals surface area (Å²) in [6.45, 7) is 13.9. The summed E-state index contributed by atoms with van der Waals surface area (Å²) in [5.74, 6) is 0. The van der Waals surface area contributed by atoms with Crippen LogP contribution in [0.5, 0.6) is 0 Å². The van der Waals surface area contributed by atoms with E-state index in [0.717, 1.165) is 6.54 Å².